The van der Waals surface area contributed by atoms with Crippen LogP contribution in [0.15, 0.2) is 46.3 Å². The van der Waals surface area contributed by atoms with Gasteiger partial charge in [0.05, 0.1) is 27.6 Å². The van der Waals surface area contributed by atoms with E-state index in [0.29, 0.717) is 37.3 Å². The normalized spacial score (nSPS) is 18.0. The number of methoxy groups -OCH3 is 1. The molecule has 182 valence electrons. The number of benzene rings is 2. The van der Waals surface area contributed by atoms with E-state index in [4.69, 9.17) is 4.74 Å². The second kappa shape index (κ2) is 10.1. The minimum atomic E-state index is -3.82. The van der Waals surface area contributed by atoms with Gasteiger partial charge in [0, 0.05) is 26.7 Å². The molecule has 1 fully saturated rings. The maximum Gasteiger partial charge on any atom is 0.252 e. The number of sulfonamides is 1. The van der Waals surface area contributed by atoms with Crippen LogP contribution in [0.2, 0.25) is 0 Å². The molecule has 0 aliphatic carbocycles. The number of ether oxygens (including phenoxy) is 1. The minimum absolute atomic E-state index is 0.0201. The fourth-order valence-electron chi connectivity index (χ4n) is 4.30. The summed E-state index contributed by atoms with van der Waals surface area (Å²) >= 11 is 1.46. The zero-order chi connectivity index (χ0) is 24.5. The van der Waals surface area contributed by atoms with Gasteiger partial charge in [-0.3, -0.25) is 4.79 Å². The summed E-state index contributed by atoms with van der Waals surface area (Å²) in [5, 5.41) is 0. The van der Waals surface area contributed by atoms with Gasteiger partial charge in [-0.1, -0.05) is 17.4 Å². The molecule has 0 radical (unpaired) electrons. The van der Waals surface area contributed by atoms with Crippen LogP contribution in [0, 0.1) is 25.6 Å². The number of piperidine rings is 1. The van der Waals surface area contributed by atoms with Gasteiger partial charge in [-0.25, -0.2) is 12.8 Å². The molecule has 1 aliphatic heterocycles. The maximum absolute atomic E-state index is 13.3. The molecule has 2 heterocycles. The number of amides is 1. The zero-order valence-electron chi connectivity index (χ0n) is 19.5. The van der Waals surface area contributed by atoms with Gasteiger partial charge in [-0.2, -0.15) is 9.30 Å². The standard InChI is InChI=1S/C24H28FN3O4S2/c1-16-13-17(2)22-21(14-16)28(11-12-32-3)24(33-22)26-23(29)18-5-4-10-27(15-18)34(30,31)20-8-6-19(25)7-9-20/h6-9,13-14,18H,4-5,10-12,15H2,1-3H3. The Morgan fingerprint density at radius 3 is 2.68 bits per heavy atom. The first kappa shape index (κ1) is 24.7. The van der Waals surface area contributed by atoms with Gasteiger partial charge in [0.1, 0.15) is 5.82 Å². The highest BCUT2D eigenvalue weighted by Gasteiger charge is 2.33. The van der Waals surface area contributed by atoms with Crippen molar-refractivity contribution in [2.45, 2.75) is 38.1 Å². The van der Waals surface area contributed by atoms with Crippen molar-refractivity contribution in [3.05, 3.63) is 58.1 Å². The highest BCUT2D eigenvalue weighted by Crippen LogP contribution is 2.26. The van der Waals surface area contributed by atoms with Crippen molar-refractivity contribution in [3.8, 4) is 0 Å². The van der Waals surface area contributed by atoms with Crippen LogP contribution >= 0.6 is 11.3 Å². The monoisotopic (exact) mass is 505 g/mol. The first-order valence-corrected chi connectivity index (χ1v) is 13.4. The van der Waals surface area contributed by atoms with Crippen LogP contribution in [0.5, 0.6) is 0 Å². The van der Waals surface area contributed by atoms with Crippen LogP contribution < -0.4 is 4.80 Å². The number of halogens is 1. The summed E-state index contributed by atoms with van der Waals surface area (Å²) in [5.74, 6) is -1.36. The lowest BCUT2D eigenvalue weighted by Gasteiger charge is -2.30. The van der Waals surface area contributed by atoms with Gasteiger partial charge in [0.25, 0.3) is 5.91 Å². The molecule has 34 heavy (non-hydrogen) atoms. The van der Waals surface area contributed by atoms with Gasteiger partial charge in [-0.15, -0.1) is 0 Å². The second-order valence-electron chi connectivity index (χ2n) is 8.57. The fourth-order valence-corrected chi connectivity index (χ4v) is 6.94. The lowest BCUT2D eigenvalue weighted by Crippen LogP contribution is -2.42. The molecule has 0 bridgehead atoms. The number of fused-ring (bicyclic) bond motifs is 1. The van der Waals surface area contributed by atoms with E-state index in [1.165, 1.54) is 27.8 Å². The molecular weight excluding hydrogens is 477 g/mol. The summed E-state index contributed by atoms with van der Waals surface area (Å²) in [7, 11) is -2.18. The molecule has 1 aromatic heterocycles. The summed E-state index contributed by atoms with van der Waals surface area (Å²) in [4.78, 5) is 18.3. The summed E-state index contributed by atoms with van der Waals surface area (Å²) in [6.07, 6.45) is 1.12. The fraction of sp³-hybridized carbons (Fsp3) is 0.417. The summed E-state index contributed by atoms with van der Waals surface area (Å²) in [5.41, 5.74) is 3.25. The van der Waals surface area contributed by atoms with Crippen LogP contribution in [0.3, 0.4) is 0 Å². The average molecular weight is 506 g/mol. The third kappa shape index (κ3) is 5.00. The largest absolute Gasteiger partial charge is 0.383 e. The number of rotatable bonds is 6. The van der Waals surface area contributed by atoms with Crippen molar-refractivity contribution in [2.24, 2.45) is 10.9 Å². The van der Waals surface area contributed by atoms with Crippen LogP contribution in [0.4, 0.5) is 4.39 Å². The topological polar surface area (TPSA) is 81.0 Å². The third-order valence-corrected chi connectivity index (χ3v) is 9.13. The predicted molar refractivity (Wildman–Crippen MR) is 130 cm³/mol. The Balaban J connectivity index is 1.65. The molecule has 2 aromatic carbocycles. The predicted octanol–water partition coefficient (Wildman–Crippen LogP) is 3.63. The van der Waals surface area contributed by atoms with E-state index in [-0.39, 0.29) is 17.3 Å². The Labute approximate surface area is 202 Å². The molecule has 1 atom stereocenters. The van der Waals surface area contributed by atoms with Crippen molar-refractivity contribution < 1.29 is 22.3 Å². The number of hydrogen-bond acceptors (Lipinski definition) is 5. The maximum atomic E-state index is 13.3. The van der Waals surface area contributed by atoms with Gasteiger partial charge in [-0.05, 0) is 68.1 Å². The summed E-state index contributed by atoms with van der Waals surface area (Å²) < 4.78 is 48.9. The highest BCUT2D eigenvalue weighted by molar-refractivity contribution is 7.89. The Kier molecular flexibility index (Phi) is 7.32. The van der Waals surface area contributed by atoms with E-state index in [1.54, 1.807) is 7.11 Å². The SMILES string of the molecule is COCCn1c(=NC(=O)C2CCCN(S(=O)(=O)c3ccc(F)cc3)C2)sc2c(C)cc(C)cc21. The number of hydrogen-bond donors (Lipinski definition) is 0. The van der Waals surface area contributed by atoms with Gasteiger partial charge < -0.3 is 9.30 Å². The average Bonchev–Trinajstić information content (AvgIpc) is 3.15. The molecule has 0 spiro atoms. The van der Waals surface area contributed by atoms with E-state index >= 15 is 0 Å². The Bertz CT molecular complexity index is 1380. The smallest absolute Gasteiger partial charge is 0.252 e. The third-order valence-electron chi connectivity index (χ3n) is 6.02. The van der Waals surface area contributed by atoms with E-state index in [0.717, 1.165) is 33.5 Å². The van der Waals surface area contributed by atoms with Crippen LogP contribution in [-0.4, -0.2) is 50.0 Å². The Morgan fingerprint density at radius 1 is 1.24 bits per heavy atom. The number of carbonyl (C=O) groups excluding carboxylic acids is 1. The highest BCUT2D eigenvalue weighted by atomic mass is 32.2. The van der Waals surface area contributed by atoms with Gasteiger partial charge in [0.15, 0.2) is 4.80 Å². The van der Waals surface area contributed by atoms with E-state index in [9.17, 15) is 17.6 Å². The number of aryl methyl sites for hydroxylation is 2. The first-order valence-electron chi connectivity index (χ1n) is 11.1. The van der Waals surface area contributed by atoms with Crippen molar-refractivity contribution in [1.82, 2.24) is 8.87 Å². The first-order chi connectivity index (χ1) is 16.2. The molecule has 3 aromatic rings. The zero-order valence-corrected chi connectivity index (χ0v) is 21.1. The van der Waals surface area contributed by atoms with Gasteiger partial charge >= 0.3 is 0 Å². The van der Waals surface area contributed by atoms with Crippen molar-refractivity contribution in [2.75, 3.05) is 26.8 Å². The van der Waals surface area contributed by atoms with Crippen LogP contribution in [0.1, 0.15) is 24.0 Å². The molecule has 1 amide bonds. The van der Waals surface area contributed by atoms with Crippen LogP contribution in [-0.2, 0) is 26.1 Å². The molecule has 0 saturated carbocycles. The van der Waals surface area contributed by atoms with Crippen molar-refractivity contribution in [3.63, 3.8) is 0 Å². The lowest BCUT2D eigenvalue weighted by atomic mass is 9.99. The molecule has 1 saturated heterocycles. The molecule has 4 rings (SSSR count). The summed E-state index contributed by atoms with van der Waals surface area (Å²) in [6.45, 7) is 5.48. The van der Waals surface area contributed by atoms with Crippen LogP contribution in [0.25, 0.3) is 10.2 Å². The molecule has 0 N–H and O–H groups in total. The summed E-state index contributed by atoms with van der Waals surface area (Å²) in [6, 6.07) is 8.93. The minimum Gasteiger partial charge on any atom is -0.383 e. The Hall–Kier alpha value is -2.40. The van der Waals surface area contributed by atoms with E-state index in [1.807, 2.05) is 18.4 Å². The van der Waals surface area contributed by atoms with Crippen molar-refractivity contribution >= 4 is 37.5 Å². The molecule has 7 nitrogen and oxygen atoms in total. The number of thiazole rings is 1. The Morgan fingerprint density at radius 2 is 1.97 bits per heavy atom. The molecule has 1 aliphatic rings. The van der Waals surface area contributed by atoms with Gasteiger partial charge in [0.2, 0.25) is 10.0 Å². The molecule has 10 heteroatoms. The number of nitrogens with zero attached hydrogens (tertiary/aromatic N) is 3. The number of aromatic nitrogens is 1. The lowest BCUT2D eigenvalue weighted by molar-refractivity contribution is -0.122. The van der Waals surface area contributed by atoms with E-state index in [2.05, 4.69) is 17.1 Å². The quantitative estimate of drug-likeness (QED) is 0.512. The number of carbonyl (C=O) groups is 1. The van der Waals surface area contributed by atoms with Crippen molar-refractivity contribution in [1.29, 1.82) is 0 Å². The molecular formula is C24H28FN3O4S2. The van der Waals surface area contributed by atoms with E-state index < -0.39 is 21.8 Å². The second-order valence-corrected chi connectivity index (χ2v) is 11.5. The molecule has 1 unspecified atom stereocenters.